The van der Waals surface area contributed by atoms with E-state index in [1.807, 2.05) is 50.2 Å². The number of carbonyl (C=O) groups is 2. The van der Waals surface area contributed by atoms with E-state index in [0.29, 0.717) is 12.1 Å². The van der Waals surface area contributed by atoms with Gasteiger partial charge in [-0.25, -0.2) is 8.42 Å². The summed E-state index contributed by atoms with van der Waals surface area (Å²) in [5.74, 6) is -0.582. The lowest BCUT2D eigenvalue weighted by Gasteiger charge is -2.34. The molecule has 0 aliphatic heterocycles. The molecule has 1 N–H and O–H groups in total. The van der Waals surface area contributed by atoms with E-state index in [1.165, 1.54) is 6.42 Å². The minimum Gasteiger partial charge on any atom is -0.352 e. The third kappa shape index (κ3) is 8.31. The van der Waals surface area contributed by atoms with Gasteiger partial charge in [-0.05, 0) is 60.4 Å². The van der Waals surface area contributed by atoms with Crippen molar-refractivity contribution in [3.8, 4) is 0 Å². The van der Waals surface area contributed by atoms with E-state index in [0.717, 1.165) is 52.9 Å². The first-order valence-corrected chi connectivity index (χ1v) is 15.9. The van der Waals surface area contributed by atoms with Crippen molar-refractivity contribution in [2.24, 2.45) is 0 Å². The molecule has 2 aromatic carbocycles. The number of anilines is 1. The summed E-state index contributed by atoms with van der Waals surface area (Å²) < 4.78 is 26.9. The zero-order valence-electron chi connectivity index (χ0n) is 24.4. The van der Waals surface area contributed by atoms with Crippen molar-refractivity contribution in [1.29, 1.82) is 0 Å². The number of hydrogen-bond acceptors (Lipinski definition) is 4. The van der Waals surface area contributed by atoms with Crippen molar-refractivity contribution in [3.05, 3.63) is 65.2 Å². The van der Waals surface area contributed by atoms with Gasteiger partial charge in [-0.2, -0.15) is 0 Å². The van der Waals surface area contributed by atoms with Crippen LogP contribution in [0.3, 0.4) is 0 Å². The lowest BCUT2D eigenvalue weighted by molar-refractivity contribution is -0.140. The summed E-state index contributed by atoms with van der Waals surface area (Å²) in [6.07, 6.45) is 6.78. The van der Waals surface area contributed by atoms with E-state index in [2.05, 4.69) is 26.1 Å². The van der Waals surface area contributed by atoms with E-state index in [-0.39, 0.29) is 30.5 Å². The highest BCUT2D eigenvalue weighted by Gasteiger charge is 2.33. The fourth-order valence-corrected chi connectivity index (χ4v) is 6.03. The zero-order valence-corrected chi connectivity index (χ0v) is 25.2. The highest BCUT2D eigenvalue weighted by molar-refractivity contribution is 7.92. The van der Waals surface area contributed by atoms with Crippen LogP contribution in [0.4, 0.5) is 5.69 Å². The minimum atomic E-state index is -3.77. The highest BCUT2D eigenvalue weighted by Crippen LogP contribution is 2.27. The molecule has 1 atom stereocenters. The van der Waals surface area contributed by atoms with Crippen LogP contribution in [0.25, 0.3) is 0 Å². The zero-order chi connectivity index (χ0) is 28.8. The summed E-state index contributed by atoms with van der Waals surface area (Å²) in [7, 11) is -3.77. The van der Waals surface area contributed by atoms with E-state index in [4.69, 9.17) is 0 Å². The van der Waals surface area contributed by atoms with Crippen molar-refractivity contribution < 1.29 is 18.0 Å². The van der Waals surface area contributed by atoms with Crippen molar-refractivity contribution in [2.75, 3.05) is 17.1 Å². The molecule has 0 saturated heterocycles. The molecule has 0 unspecified atom stereocenters. The molecule has 39 heavy (non-hydrogen) atoms. The Morgan fingerprint density at radius 1 is 1.00 bits per heavy atom. The molecule has 0 heterocycles. The number of rotatable bonds is 10. The van der Waals surface area contributed by atoms with E-state index >= 15 is 0 Å². The van der Waals surface area contributed by atoms with Crippen LogP contribution >= 0.6 is 0 Å². The average Bonchev–Trinajstić information content (AvgIpc) is 2.87. The first-order valence-electron chi connectivity index (χ1n) is 14.0. The Labute approximate surface area is 235 Å². The van der Waals surface area contributed by atoms with Gasteiger partial charge in [0.25, 0.3) is 0 Å². The fourth-order valence-electron chi connectivity index (χ4n) is 5.18. The van der Waals surface area contributed by atoms with Crippen molar-refractivity contribution >= 4 is 27.5 Å². The minimum absolute atomic E-state index is 0.0886. The molecule has 2 amide bonds. The second-order valence-corrected chi connectivity index (χ2v) is 13.7. The lowest BCUT2D eigenvalue weighted by Crippen LogP contribution is -2.54. The smallest absolute Gasteiger partial charge is 0.244 e. The molecule has 8 heteroatoms. The van der Waals surface area contributed by atoms with Crippen LogP contribution < -0.4 is 9.62 Å². The summed E-state index contributed by atoms with van der Waals surface area (Å²) in [4.78, 5) is 29.0. The first-order chi connectivity index (χ1) is 18.3. The molecule has 1 aliphatic rings. The van der Waals surface area contributed by atoms with Gasteiger partial charge in [0.15, 0.2) is 0 Å². The number of sulfonamides is 1. The van der Waals surface area contributed by atoms with E-state index in [9.17, 15) is 18.0 Å². The Morgan fingerprint density at radius 2 is 1.62 bits per heavy atom. The standard InChI is InChI=1S/C31H45N3O4S/c1-7-28(30(36)32-26-15-9-8-10-16-26)33(21-24-14-12-11-13-23(24)2)29(35)22-34(39(6,37)38)27-19-17-25(18-20-27)31(3,4)5/h11-14,17-20,26,28H,7-10,15-16,21-22H2,1-6H3,(H,32,36)/t28-/m0/s1. The number of amides is 2. The maximum Gasteiger partial charge on any atom is 0.244 e. The molecule has 0 bridgehead atoms. The molecule has 0 spiro atoms. The van der Waals surface area contributed by atoms with Crippen molar-refractivity contribution in [2.45, 2.75) is 97.2 Å². The van der Waals surface area contributed by atoms with Gasteiger partial charge in [0.2, 0.25) is 21.8 Å². The van der Waals surface area contributed by atoms with Gasteiger partial charge in [0.05, 0.1) is 11.9 Å². The predicted octanol–water partition coefficient (Wildman–Crippen LogP) is 5.31. The van der Waals surface area contributed by atoms with Crippen LogP contribution in [0, 0.1) is 6.92 Å². The topological polar surface area (TPSA) is 86.8 Å². The van der Waals surface area contributed by atoms with Gasteiger partial charge in [0, 0.05) is 12.6 Å². The average molecular weight is 556 g/mol. The molecule has 3 rings (SSSR count). The van der Waals surface area contributed by atoms with Crippen LogP contribution in [0.5, 0.6) is 0 Å². The van der Waals surface area contributed by atoms with Gasteiger partial charge in [-0.15, -0.1) is 0 Å². The van der Waals surface area contributed by atoms with E-state index in [1.54, 1.807) is 17.0 Å². The van der Waals surface area contributed by atoms with Gasteiger partial charge >= 0.3 is 0 Å². The second kappa shape index (κ2) is 13.0. The van der Waals surface area contributed by atoms with Crippen molar-refractivity contribution in [1.82, 2.24) is 10.2 Å². The van der Waals surface area contributed by atoms with Crippen LogP contribution in [0.1, 0.15) is 82.9 Å². The molecule has 0 aromatic heterocycles. The van der Waals surface area contributed by atoms with Crippen LogP contribution in [-0.4, -0.2) is 50.0 Å². The molecule has 1 saturated carbocycles. The summed E-state index contributed by atoms with van der Waals surface area (Å²) in [6, 6.07) is 14.5. The number of nitrogens with zero attached hydrogens (tertiary/aromatic N) is 2. The van der Waals surface area contributed by atoms with Crippen LogP contribution in [0.2, 0.25) is 0 Å². The maximum absolute atomic E-state index is 14.0. The largest absolute Gasteiger partial charge is 0.352 e. The molecule has 7 nitrogen and oxygen atoms in total. The Morgan fingerprint density at radius 3 is 2.15 bits per heavy atom. The van der Waals surface area contributed by atoms with Crippen LogP contribution in [0.15, 0.2) is 48.5 Å². The molecule has 214 valence electrons. The van der Waals surface area contributed by atoms with Gasteiger partial charge < -0.3 is 10.2 Å². The monoisotopic (exact) mass is 555 g/mol. The lowest BCUT2D eigenvalue weighted by atomic mass is 9.87. The molecule has 1 aliphatic carbocycles. The molecule has 0 radical (unpaired) electrons. The Balaban J connectivity index is 1.93. The summed E-state index contributed by atoms with van der Waals surface area (Å²) >= 11 is 0. The normalized spacial score (nSPS) is 15.4. The Bertz CT molecular complexity index is 1230. The number of aryl methyl sites for hydroxylation is 1. The molecule has 1 fully saturated rings. The number of nitrogens with one attached hydrogen (secondary N) is 1. The SMILES string of the molecule is CC[C@@H](C(=O)NC1CCCCC1)N(Cc1ccccc1C)C(=O)CN(c1ccc(C(C)(C)C)cc1)S(C)(=O)=O. The quantitative estimate of drug-likeness (QED) is 0.430. The van der Waals surface area contributed by atoms with Gasteiger partial charge in [0.1, 0.15) is 12.6 Å². The molecule has 2 aromatic rings. The van der Waals surface area contributed by atoms with E-state index < -0.39 is 22.0 Å². The Hall–Kier alpha value is -2.87. The third-order valence-electron chi connectivity index (χ3n) is 7.64. The van der Waals surface area contributed by atoms with Gasteiger partial charge in [-0.3, -0.25) is 13.9 Å². The number of carbonyl (C=O) groups excluding carboxylic acids is 2. The highest BCUT2D eigenvalue weighted by atomic mass is 32.2. The number of hydrogen-bond donors (Lipinski definition) is 1. The second-order valence-electron chi connectivity index (χ2n) is 11.8. The predicted molar refractivity (Wildman–Crippen MR) is 158 cm³/mol. The Kier molecular flexibility index (Phi) is 10.2. The fraction of sp³-hybridized carbons (Fsp3) is 0.548. The van der Waals surface area contributed by atoms with Crippen molar-refractivity contribution in [3.63, 3.8) is 0 Å². The molecular weight excluding hydrogens is 510 g/mol. The van der Waals surface area contributed by atoms with Gasteiger partial charge in [-0.1, -0.05) is 83.4 Å². The third-order valence-corrected chi connectivity index (χ3v) is 8.78. The summed E-state index contributed by atoms with van der Waals surface area (Å²) in [6.45, 7) is 9.98. The maximum atomic E-state index is 14.0. The summed E-state index contributed by atoms with van der Waals surface area (Å²) in [5.41, 5.74) is 3.34. The summed E-state index contributed by atoms with van der Waals surface area (Å²) in [5, 5.41) is 3.18. The van der Waals surface area contributed by atoms with Crippen LogP contribution in [-0.2, 0) is 31.6 Å². The molecular formula is C31H45N3O4S. The number of benzene rings is 2. The first kappa shape index (κ1) is 30.7.